The summed E-state index contributed by atoms with van der Waals surface area (Å²) in [5.41, 5.74) is 1.29. The molecule has 150 valence electrons. The van der Waals surface area contributed by atoms with Gasteiger partial charge in [-0.05, 0) is 42.8 Å². The summed E-state index contributed by atoms with van der Waals surface area (Å²) in [7, 11) is 0. The van der Waals surface area contributed by atoms with Gasteiger partial charge in [-0.25, -0.2) is 14.6 Å². The minimum absolute atomic E-state index is 0.106. The number of esters is 1. The number of para-hydroxylation sites is 1. The average molecular weight is 395 g/mol. The van der Waals surface area contributed by atoms with Crippen LogP contribution < -0.4 is 9.47 Å². The van der Waals surface area contributed by atoms with Crippen molar-refractivity contribution in [3.8, 4) is 11.5 Å². The Balaban J connectivity index is 1.77. The topological polar surface area (TPSA) is 94.4 Å². The van der Waals surface area contributed by atoms with E-state index >= 15 is 0 Å². The first-order valence-corrected chi connectivity index (χ1v) is 9.26. The van der Waals surface area contributed by atoms with E-state index in [-0.39, 0.29) is 11.6 Å². The van der Waals surface area contributed by atoms with Gasteiger partial charge in [-0.15, -0.1) is 0 Å². The van der Waals surface area contributed by atoms with Crippen LogP contribution in [0.15, 0.2) is 59.2 Å². The van der Waals surface area contributed by atoms with Crippen molar-refractivity contribution in [1.29, 1.82) is 0 Å². The molecule has 7 nitrogen and oxygen atoms in total. The van der Waals surface area contributed by atoms with Crippen LogP contribution >= 0.6 is 0 Å². The second-order valence-electron chi connectivity index (χ2n) is 6.28. The normalized spacial score (nSPS) is 14.4. The zero-order valence-corrected chi connectivity index (χ0v) is 16.0. The maximum atomic E-state index is 12.2. The second kappa shape index (κ2) is 9.54. The number of aliphatic imine (C=N–C) groups is 1. The molecule has 0 saturated heterocycles. The number of nitrogens with zero attached hydrogens (tertiary/aromatic N) is 1. The number of hydrogen-bond acceptors (Lipinski definition) is 6. The molecule has 29 heavy (non-hydrogen) atoms. The lowest BCUT2D eigenvalue weighted by atomic mass is 10.1. The number of carboxylic acids is 1. The van der Waals surface area contributed by atoms with Crippen LogP contribution in [0.1, 0.15) is 30.9 Å². The summed E-state index contributed by atoms with van der Waals surface area (Å²) in [5, 5.41) is 8.79. The first-order chi connectivity index (χ1) is 14.1. The molecule has 1 aliphatic heterocycles. The molecule has 1 heterocycles. The molecule has 0 bridgehead atoms. The minimum atomic E-state index is -1.09. The molecule has 0 fully saturated rings. The maximum Gasteiger partial charge on any atom is 0.363 e. The maximum absolute atomic E-state index is 12.2. The number of cyclic esters (lactones) is 1. The lowest BCUT2D eigenvalue weighted by Gasteiger charge is -2.06. The zero-order chi connectivity index (χ0) is 20.6. The number of carboxylic acid groups (broad SMARTS) is 1. The standard InChI is InChI=1S/C22H21NO6/c1-2-3-12-27-17-10-8-15(9-11-17)21-23-18(22(26)29-21)13-16-6-4-5-7-19(16)28-14-20(24)25/h4-11,13H,2-3,12,14H2,1H3,(H,24,25)/b18-13+. The predicted octanol–water partition coefficient (Wildman–Crippen LogP) is 3.67. The molecular weight excluding hydrogens is 374 g/mol. The molecule has 0 radical (unpaired) electrons. The van der Waals surface area contributed by atoms with Gasteiger partial charge in [0.1, 0.15) is 11.5 Å². The Hall–Kier alpha value is -3.61. The molecule has 2 aromatic rings. The van der Waals surface area contributed by atoms with Crippen LogP contribution in [0.4, 0.5) is 0 Å². The fourth-order valence-corrected chi connectivity index (χ4v) is 2.58. The molecule has 3 rings (SSSR count). The quantitative estimate of drug-likeness (QED) is 0.395. The van der Waals surface area contributed by atoms with E-state index in [4.69, 9.17) is 19.3 Å². The Morgan fingerprint density at radius 3 is 2.62 bits per heavy atom. The Bertz CT molecular complexity index is 946. The summed E-state index contributed by atoms with van der Waals surface area (Å²) in [6.45, 7) is 2.27. The molecule has 0 atom stereocenters. The minimum Gasteiger partial charge on any atom is -0.494 e. The third-order valence-corrected chi connectivity index (χ3v) is 4.05. The molecule has 0 amide bonds. The van der Waals surface area contributed by atoms with Crippen LogP contribution in [0.25, 0.3) is 6.08 Å². The third-order valence-electron chi connectivity index (χ3n) is 4.05. The van der Waals surface area contributed by atoms with Gasteiger partial charge in [-0.3, -0.25) is 0 Å². The highest BCUT2D eigenvalue weighted by Gasteiger charge is 2.24. The highest BCUT2D eigenvalue weighted by molar-refractivity contribution is 6.13. The van der Waals surface area contributed by atoms with Crippen LogP contribution in [0.3, 0.4) is 0 Å². The van der Waals surface area contributed by atoms with Crippen LogP contribution in [0, 0.1) is 0 Å². The molecule has 0 aliphatic carbocycles. The first kappa shape index (κ1) is 20.1. The van der Waals surface area contributed by atoms with E-state index in [1.165, 1.54) is 6.08 Å². The molecule has 0 spiro atoms. The number of carbonyl (C=O) groups is 2. The molecular formula is C22H21NO6. The van der Waals surface area contributed by atoms with E-state index in [0.717, 1.165) is 18.6 Å². The van der Waals surface area contributed by atoms with E-state index in [1.54, 1.807) is 48.5 Å². The number of benzene rings is 2. The summed E-state index contributed by atoms with van der Waals surface area (Å²) in [5.74, 6) is -0.392. The van der Waals surface area contributed by atoms with Gasteiger partial charge in [0.2, 0.25) is 5.90 Å². The Kier molecular flexibility index (Phi) is 6.63. The lowest BCUT2D eigenvalue weighted by Crippen LogP contribution is -2.10. The summed E-state index contributed by atoms with van der Waals surface area (Å²) in [6.07, 6.45) is 3.55. The molecule has 0 saturated carbocycles. The van der Waals surface area contributed by atoms with Crippen LogP contribution in [-0.4, -0.2) is 36.2 Å². The first-order valence-electron chi connectivity index (χ1n) is 9.26. The summed E-state index contributed by atoms with van der Waals surface area (Å²) in [6, 6.07) is 14.0. The molecule has 2 aromatic carbocycles. The van der Waals surface area contributed by atoms with Crippen molar-refractivity contribution < 1.29 is 28.9 Å². The molecule has 0 unspecified atom stereocenters. The van der Waals surface area contributed by atoms with Gasteiger partial charge in [0.25, 0.3) is 0 Å². The van der Waals surface area contributed by atoms with Gasteiger partial charge in [-0.1, -0.05) is 31.5 Å². The van der Waals surface area contributed by atoms with Crippen molar-refractivity contribution in [2.45, 2.75) is 19.8 Å². The van der Waals surface area contributed by atoms with Gasteiger partial charge in [0.15, 0.2) is 12.3 Å². The van der Waals surface area contributed by atoms with Crippen LogP contribution in [0.5, 0.6) is 11.5 Å². The van der Waals surface area contributed by atoms with Crippen molar-refractivity contribution in [2.24, 2.45) is 4.99 Å². The van der Waals surface area contributed by atoms with E-state index in [1.807, 2.05) is 0 Å². The Morgan fingerprint density at radius 2 is 1.90 bits per heavy atom. The van der Waals surface area contributed by atoms with Crippen LogP contribution in [-0.2, 0) is 14.3 Å². The number of hydrogen-bond donors (Lipinski definition) is 1. The Labute approximate surface area is 168 Å². The third kappa shape index (κ3) is 5.44. The predicted molar refractivity (Wildman–Crippen MR) is 107 cm³/mol. The highest BCUT2D eigenvalue weighted by atomic mass is 16.6. The van der Waals surface area contributed by atoms with Gasteiger partial charge in [-0.2, -0.15) is 0 Å². The number of aliphatic carboxylic acids is 1. The number of carbonyl (C=O) groups excluding carboxylic acids is 1. The van der Waals surface area contributed by atoms with E-state index < -0.39 is 18.5 Å². The molecule has 1 N–H and O–H groups in total. The van der Waals surface area contributed by atoms with Crippen LogP contribution in [0.2, 0.25) is 0 Å². The fourth-order valence-electron chi connectivity index (χ4n) is 2.58. The summed E-state index contributed by atoms with van der Waals surface area (Å²) < 4.78 is 16.1. The van der Waals surface area contributed by atoms with Crippen molar-refractivity contribution in [2.75, 3.05) is 13.2 Å². The Morgan fingerprint density at radius 1 is 1.14 bits per heavy atom. The zero-order valence-electron chi connectivity index (χ0n) is 16.0. The second-order valence-corrected chi connectivity index (χ2v) is 6.28. The number of rotatable bonds is 9. The molecule has 7 heteroatoms. The van der Waals surface area contributed by atoms with E-state index in [2.05, 4.69) is 11.9 Å². The SMILES string of the molecule is CCCCOc1ccc(C2=N/C(=C/c3ccccc3OCC(=O)O)C(=O)O2)cc1. The molecule has 0 aromatic heterocycles. The number of ether oxygens (including phenoxy) is 3. The number of unbranched alkanes of at least 4 members (excludes halogenated alkanes) is 1. The van der Waals surface area contributed by atoms with Gasteiger partial charge < -0.3 is 19.3 Å². The van der Waals surface area contributed by atoms with E-state index in [9.17, 15) is 9.59 Å². The van der Waals surface area contributed by atoms with Crippen molar-refractivity contribution >= 4 is 23.9 Å². The summed E-state index contributed by atoms with van der Waals surface area (Å²) >= 11 is 0. The highest BCUT2D eigenvalue weighted by Crippen LogP contribution is 2.25. The van der Waals surface area contributed by atoms with Gasteiger partial charge in [0, 0.05) is 11.1 Å². The van der Waals surface area contributed by atoms with Gasteiger partial charge >= 0.3 is 11.9 Å². The monoisotopic (exact) mass is 395 g/mol. The van der Waals surface area contributed by atoms with Crippen molar-refractivity contribution in [3.05, 3.63) is 65.4 Å². The molecule has 1 aliphatic rings. The fraction of sp³-hybridized carbons (Fsp3) is 0.227. The lowest BCUT2D eigenvalue weighted by molar-refractivity contribution is -0.139. The van der Waals surface area contributed by atoms with Crippen molar-refractivity contribution in [1.82, 2.24) is 0 Å². The van der Waals surface area contributed by atoms with Gasteiger partial charge in [0.05, 0.1) is 6.61 Å². The smallest absolute Gasteiger partial charge is 0.363 e. The van der Waals surface area contributed by atoms with Crippen molar-refractivity contribution in [3.63, 3.8) is 0 Å². The largest absolute Gasteiger partial charge is 0.494 e. The van der Waals surface area contributed by atoms with E-state index in [0.29, 0.717) is 23.5 Å². The summed E-state index contributed by atoms with van der Waals surface area (Å²) in [4.78, 5) is 27.2. The average Bonchev–Trinajstić information content (AvgIpc) is 3.08.